The predicted octanol–water partition coefficient (Wildman–Crippen LogP) is 2.85. The molecule has 5 nitrogen and oxygen atoms in total. The molecular formula is C18H21N3O2. The van der Waals surface area contributed by atoms with Crippen LogP contribution in [0.5, 0.6) is 0 Å². The van der Waals surface area contributed by atoms with E-state index in [0.29, 0.717) is 5.56 Å². The number of carbonyl (C=O) groups is 1. The molecule has 1 aliphatic carbocycles. The molecule has 1 amide bonds. The van der Waals surface area contributed by atoms with E-state index in [2.05, 4.69) is 15.3 Å². The molecule has 2 aliphatic rings. The molecule has 1 aliphatic heterocycles. The van der Waals surface area contributed by atoms with Gasteiger partial charge in [0.2, 0.25) is 0 Å². The van der Waals surface area contributed by atoms with Crippen LogP contribution in [0.4, 0.5) is 0 Å². The predicted molar refractivity (Wildman–Crippen MR) is 87.2 cm³/mol. The van der Waals surface area contributed by atoms with Gasteiger partial charge in [-0.2, -0.15) is 0 Å². The second kappa shape index (κ2) is 5.89. The van der Waals surface area contributed by atoms with Gasteiger partial charge in [-0.05, 0) is 37.5 Å². The Balaban J connectivity index is 1.60. The summed E-state index contributed by atoms with van der Waals surface area (Å²) in [5.74, 6) is -0.0325. The molecule has 23 heavy (non-hydrogen) atoms. The summed E-state index contributed by atoms with van der Waals surface area (Å²) in [7, 11) is 0. The fourth-order valence-electron chi connectivity index (χ4n) is 3.90. The summed E-state index contributed by atoms with van der Waals surface area (Å²) in [6.45, 7) is 0.744. The maximum absolute atomic E-state index is 12.8. The Hall–Kier alpha value is -2.01. The van der Waals surface area contributed by atoms with E-state index in [0.717, 1.165) is 43.3 Å². The fraction of sp³-hybridized carbons (Fsp3) is 0.500. The number of nitrogens with zero attached hydrogens (tertiary/aromatic N) is 2. The zero-order valence-electron chi connectivity index (χ0n) is 13.1. The van der Waals surface area contributed by atoms with Crippen molar-refractivity contribution in [2.45, 2.75) is 50.2 Å². The van der Waals surface area contributed by atoms with Crippen LogP contribution in [0.2, 0.25) is 0 Å². The van der Waals surface area contributed by atoms with Gasteiger partial charge in [-0.3, -0.25) is 14.8 Å². The number of rotatable bonds is 2. The second-order valence-electron chi connectivity index (χ2n) is 6.58. The number of amides is 1. The third-order valence-electron chi connectivity index (χ3n) is 5.17. The van der Waals surface area contributed by atoms with Crippen molar-refractivity contribution in [3.8, 4) is 0 Å². The monoisotopic (exact) mass is 311 g/mol. The van der Waals surface area contributed by atoms with Gasteiger partial charge in [0.15, 0.2) is 0 Å². The number of aromatic nitrogens is 2. The van der Waals surface area contributed by atoms with Crippen molar-refractivity contribution in [2.75, 3.05) is 6.61 Å². The first-order valence-corrected chi connectivity index (χ1v) is 8.42. The van der Waals surface area contributed by atoms with Gasteiger partial charge < -0.3 is 10.1 Å². The Morgan fingerprint density at radius 1 is 1.13 bits per heavy atom. The lowest BCUT2D eigenvalue weighted by molar-refractivity contribution is 0.0557. The average Bonchev–Trinajstić information content (AvgIpc) is 2.86. The summed E-state index contributed by atoms with van der Waals surface area (Å²) in [4.78, 5) is 21.3. The SMILES string of the molecule is O=C(NC12CCCCCC1OCC2)c1ccc2nccnc2c1. The Labute approximate surface area is 135 Å². The van der Waals surface area contributed by atoms with Crippen LogP contribution in [0.15, 0.2) is 30.6 Å². The average molecular weight is 311 g/mol. The van der Waals surface area contributed by atoms with E-state index in [1.54, 1.807) is 12.4 Å². The first kappa shape index (κ1) is 14.6. The van der Waals surface area contributed by atoms with Gasteiger partial charge >= 0.3 is 0 Å². The van der Waals surface area contributed by atoms with Gasteiger partial charge in [-0.15, -0.1) is 0 Å². The molecule has 2 heterocycles. The number of nitrogens with one attached hydrogen (secondary N) is 1. The normalized spacial score (nSPS) is 27.4. The molecule has 1 aromatic heterocycles. The molecule has 1 saturated carbocycles. The minimum absolute atomic E-state index is 0.0325. The van der Waals surface area contributed by atoms with Crippen molar-refractivity contribution < 1.29 is 9.53 Å². The van der Waals surface area contributed by atoms with E-state index in [-0.39, 0.29) is 17.6 Å². The van der Waals surface area contributed by atoms with Gasteiger partial charge in [0.05, 0.1) is 22.7 Å². The van der Waals surface area contributed by atoms with E-state index >= 15 is 0 Å². The molecule has 2 fully saturated rings. The number of hydrogen-bond donors (Lipinski definition) is 1. The maximum atomic E-state index is 12.8. The highest BCUT2D eigenvalue weighted by Crippen LogP contribution is 2.37. The third kappa shape index (κ3) is 2.70. The number of hydrogen-bond acceptors (Lipinski definition) is 4. The Bertz CT molecular complexity index is 733. The van der Waals surface area contributed by atoms with E-state index < -0.39 is 0 Å². The molecule has 2 atom stereocenters. The van der Waals surface area contributed by atoms with Crippen LogP contribution >= 0.6 is 0 Å². The van der Waals surface area contributed by atoms with Crippen molar-refractivity contribution in [3.05, 3.63) is 36.2 Å². The summed E-state index contributed by atoms with van der Waals surface area (Å²) in [5, 5.41) is 3.30. The van der Waals surface area contributed by atoms with E-state index in [9.17, 15) is 4.79 Å². The molecule has 120 valence electrons. The standard InChI is InChI=1S/C18H21N3O2/c22-17(13-5-6-14-15(12-13)20-10-9-19-14)21-18-7-3-1-2-4-16(18)23-11-8-18/h5-6,9-10,12,16H,1-4,7-8,11H2,(H,21,22). The Kier molecular flexibility index (Phi) is 3.73. The molecule has 0 radical (unpaired) electrons. The zero-order chi connectivity index (χ0) is 15.7. The smallest absolute Gasteiger partial charge is 0.251 e. The molecule has 0 spiro atoms. The first-order valence-electron chi connectivity index (χ1n) is 8.42. The van der Waals surface area contributed by atoms with Crippen LogP contribution in [0, 0.1) is 0 Å². The molecule has 2 aromatic rings. The largest absolute Gasteiger partial charge is 0.376 e. The fourth-order valence-corrected chi connectivity index (χ4v) is 3.90. The quantitative estimate of drug-likeness (QED) is 0.926. The van der Waals surface area contributed by atoms with Crippen molar-refractivity contribution in [1.82, 2.24) is 15.3 Å². The molecule has 4 rings (SSSR count). The second-order valence-corrected chi connectivity index (χ2v) is 6.58. The summed E-state index contributed by atoms with van der Waals surface area (Å²) in [6.07, 6.45) is 10.0. The molecule has 1 aromatic carbocycles. The van der Waals surface area contributed by atoms with Crippen molar-refractivity contribution >= 4 is 16.9 Å². The van der Waals surface area contributed by atoms with Crippen LogP contribution in [0.25, 0.3) is 11.0 Å². The van der Waals surface area contributed by atoms with Crippen molar-refractivity contribution in [3.63, 3.8) is 0 Å². The lowest BCUT2D eigenvalue weighted by Crippen LogP contribution is -2.53. The number of benzene rings is 1. The number of fused-ring (bicyclic) bond motifs is 2. The summed E-state index contributed by atoms with van der Waals surface area (Å²) < 4.78 is 5.91. The molecule has 0 bridgehead atoms. The van der Waals surface area contributed by atoms with Crippen molar-refractivity contribution in [2.24, 2.45) is 0 Å². The van der Waals surface area contributed by atoms with Crippen molar-refractivity contribution in [1.29, 1.82) is 0 Å². The highest BCUT2D eigenvalue weighted by atomic mass is 16.5. The van der Waals surface area contributed by atoms with Crippen LogP contribution in [-0.4, -0.2) is 34.1 Å². The van der Waals surface area contributed by atoms with E-state index in [1.807, 2.05) is 18.2 Å². The summed E-state index contributed by atoms with van der Waals surface area (Å²) >= 11 is 0. The topological polar surface area (TPSA) is 64.1 Å². The first-order chi connectivity index (χ1) is 11.3. The van der Waals surface area contributed by atoms with E-state index in [1.165, 1.54) is 12.8 Å². The van der Waals surface area contributed by atoms with Crippen LogP contribution < -0.4 is 5.32 Å². The minimum atomic E-state index is -0.190. The highest BCUT2D eigenvalue weighted by Gasteiger charge is 2.45. The number of ether oxygens (including phenoxy) is 1. The van der Waals surface area contributed by atoms with E-state index in [4.69, 9.17) is 4.74 Å². The van der Waals surface area contributed by atoms with Crippen LogP contribution in [0.3, 0.4) is 0 Å². The molecule has 1 N–H and O–H groups in total. The lowest BCUT2D eigenvalue weighted by atomic mass is 9.86. The lowest BCUT2D eigenvalue weighted by Gasteiger charge is -2.33. The van der Waals surface area contributed by atoms with Crippen LogP contribution in [-0.2, 0) is 4.74 Å². The summed E-state index contributed by atoms with van der Waals surface area (Å²) in [5.41, 5.74) is 2.00. The van der Waals surface area contributed by atoms with Gasteiger partial charge in [0, 0.05) is 24.6 Å². The van der Waals surface area contributed by atoms with Gasteiger partial charge in [0.1, 0.15) is 0 Å². The minimum Gasteiger partial charge on any atom is -0.376 e. The van der Waals surface area contributed by atoms with Gasteiger partial charge in [0.25, 0.3) is 5.91 Å². The van der Waals surface area contributed by atoms with Crippen LogP contribution in [0.1, 0.15) is 48.9 Å². The third-order valence-corrected chi connectivity index (χ3v) is 5.17. The maximum Gasteiger partial charge on any atom is 0.251 e. The zero-order valence-corrected chi connectivity index (χ0v) is 13.1. The highest BCUT2D eigenvalue weighted by molar-refractivity contribution is 5.97. The van der Waals surface area contributed by atoms with Gasteiger partial charge in [-0.25, -0.2) is 0 Å². The number of carbonyl (C=O) groups excluding carboxylic acids is 1. The van der Waals surface area contributed by atoms with Gasteiger partial charge in [-0.1, -0.05) is 19.3 Å². The molecular weight excluding hydrogens is 290 g/mol. The molecule has 1 saturated heterocycles. The Morgan fingerprint density at radius 2 is 2.00 bits per heavy atom. The molecule has 2 unspecified atom stereocenters. The molecule has 5 heteroatoms. The Morgan fingerprint density at radius 3 is 2.91 bits per heavy atom. The summed E-state index contributed by atoms with van der Waals surface area (Å²) in [6, 6.07) is 5.49.